The third kappa shape index (κ3) is 17.3. The molecule has 0 radical (unpaired) electrons. The first-order chi connectivity index (χ1) is 33.0. The number of fused-ring (bicyclic) bond motifs is 3. The number of piperidine rings is 1. The van der Waals surface area contributed by atoms with E-state index >= 15 is 0 Å². The van der Waals surface area contributed by atoms with Crippen molar-refractivity contribution in [3.8, 4) is 0 Å². The van der Waals surface area contributed by atoms with Crippen LogP contribution in [0.3, 0.4) is 0 Å². The van der Waals surface area contributed by atoms with E-state index in [1.165, 1.54) is 12.0 Å². The molecule has 0 aromatic rings. The molecule has 0 aromatic heterocycles. The van der Waals surface area contributed by atoms with Crippen molar-refractivity contribution in [3.63, 3.8) is 0 Å². The van der Waals surface area contributed by atoms with Gasteiger partial charge in [0.25, 0.3) is 11.7 Å². The van der Waals surface area contributed by atoms with E-state index in [-0.39, 0.29) is 54.9 Å². The summed E-state index contributed by atoms with van der Waals surface area (Å²) in [5.41, 5.74) is 1.70. The second-order valence-electron chi connectivity index (χ2n) is 20.4. The van der Waals surface area contributed by atoms with Crippen molar-refractivity contribution in [2.75, 3.05) is 34.5 Å². The summed E-state index contributed by atoms with van der Waals surface area (Å²) >= 11 is 0. The Labute approximate surface area is 415 Å². The van der Waals surface area contributed by atoms with Crippen LogP contribution < -0.4 is 0 Å². The summed E-state index contributed by atoms with van der Waals surface area (Å²) in [7, 11) is 4.65. The number of methoxy groups -OCH3 is 3. The second kappa shape index (κ2) is 29.2. The van der Waals surface area contributed by atoms with Gasteiger partial charge in [-0.2, -0.15) is 0 Å². The molecular weight excluding hydrogens is 905 g/mol. The Morgan fingerprint density at radius 2 is 1.56 bits per heavy atom. The molecule has 7 N–H and O–H groups in total. The third-order valence-electron chi connectivity index (χ3n) is 14.9. The van der Waals surface area contributed by atoms with Crippen molar-refractivity contribution in [2.24, 2.45) is 35.5 Å². The van der Waals surface area contributed by atoms with Gasteiger partial charge in [-0.25, -0.2) is 9.59 Å². The van der Waals surface area contributed by atoms with Gasteiger partial charge in [-0.05, 0) is 113 Å². The first-order valence-corrected chi connectivity index (χ1v) is 25.2. The van der Waals surface area contributed by atoms with Crippen LogP contribution in [0.1, 0.15) is 126 Å². The smallest absolute Gasteiger partial charge is 0.329 e. The number of amides is 1. The summed E-state index contributed by atoms with van der Waals surface area (Å²) in [4.78, 5) is 53.2. The number of cyclic esters (lactones) is 1. The molecule has 0 spiro atoms. The number of allylic oxidation sites excluding steroid dienone is 5. The van der Waals surface area contributed by atoms with Crippen molar-refractivity contribution in [2.45, 2.75) is 186 Å². The summed E-state index contributed by atoms with van der Waals surface area (Å²) < 4.78 is 29.6. The van der Waals surface area contributed by atoms with Crippen LogP contribution in [0.4, 0.5) is 0 Å². The Kier molecular flexibility index (Phi) is 25.3. The average molecular weight is 991 g/mol. The number of carboxylic acid groups (broad SMARTS) is 1. The molecule has 1 aliphatic carbocycles. The van der Waals surface area contributed by atoms with Crippen molar-refractivity contribution < 1.29 is 73.5 Å². The van der Waals surface area contributed by atoms with Crippen LogP contribution in [0.25, 0.3) is 0 Å². The van der Waals surface area contributed by atoms with Gasteiger partial charge in [0.1, 0.15) is 31.0 Å². The number of Topliss-reactive ketones (excluding diaryl/α,β-unsaturated/α-hetero) is 1. The van der Waals surface area contributed by atoms with Crippen molar-refractivity contribution >= 4 is 29.3 Å². The maximum Gasteiger partial charge on any atom is 0.329 e. The molecule has 2 saturated heterocycles. The number of rotatable bonds is 7. The Balaban J connectivity index is 0.00000246. The topological polar surface area (TPSA) is 263 Å². The number of carbonyl (C=O) groups is 4. The van der Waals surface area contributed by atoms with Gasteiger partial charge >= 0.3 is 11.9 Å². The van der Waals surface area contributed by atoms with Gasteiger partial charge in [0, 0.05) is 58.3 Å². The average Bonchev–Trinajstić information content (AvgIpc) is 3.33. The molecule has 0 aromatic carbocycles. The Bertz CT molecular complexity index is 1830. The summed E-state index contributed by atoms with van der Waals surface area (Å²) in [6, 6.07) is -1.10. The number of nitrogens with zero attached hydrogens (tertiary/aromatic N) is 1. The highest BCUT2D eigenvalue weighted by Crippen LogP contribution is 2.38. The molecule has 0 unspecified atom stereocenters. The quantitative estimate of drug-likeness (QED) is 0.0946. The van der Waals surface area contributed by atoms with Crippen molar-refractivity contribution in [1.29, 1.82) is 5.41 Å². The first-order valence-electron chi connectivity index (χ1n) is 25.2. The SMILES string of the molecule is CO[C@H]1C[C@@H]2CC[C@@H](C)[C@@](O)(O2)C(=O)C(=O)N2CCCC[C@H]2C(=O)O[C@H]([C@H](C)C[C@@H]2CC[C@@H](O)[C@H](OC)C2)C[C@@H](O)[C@H](C)/C=C(\C)[C@@H](O)[C@@H](OC)C(=N)[C@H](C)C[C@H](C)/C=C/C=C/C=C/1C.O=C(O)CO. The number of carbonyl (C=O) groups excluding carboxylic acids is 3. The largest absolute Gasteiger partial charge is 0.480 e. The van der Waals surface area contributed by atoms with E-state index in [0.717, 1.165) is 12.0 Å². The Morgan fingerprint density at radius 3 is 2.19 bits per heavy atom. The van der Waals surface area contributed by atoms with E-state index in [0.29, 0.717) is 63.4 Å². The van der Waals surface area contributed by atoms with Gasteiger partial charge < -0.3 is 64.6 Å². The normalized spacial score (nSPS) is 39.1. The minimum atomic E-state index is -2.41. The highest BCUT2D eigenvalue weighted by atomic mass is 16.6. The van der Waals surface area contributed by atoms with Crippen LogP contribution in [-0.4, -0.2) is 160 Å². The third-order valence-corrected chi connectivity index (χ3v) is 14.9. The summed E-state index contributed by atoms with van der Waals surface area (Å²) in [6.45, 7) is 12.5. The zero-order valence-corrected chi connectivity index (χ0v) is 43.3. The Hall–Kier alpha value is -3.65. The standard InChI is InChI=1S/C51H82N2O12.C2H4O3/c1-30-16-12-11-13-17-31(2)42(61-8)28-38-21-19-36(7)51(60,65-38)48(57)49(58)53-23-15-14-18-39(53)50(59)64-43(33(4)26-37-20-22-40(54)44(27-37)62-9)29-41(55)32(3)25-35(6)46(56)47(63-10)45(52)34(5)24-30;3-1-2(4)5/h11-13,16-17,25,30,32-34,36-44,46-47,52,54-56,60H,14-15,18-24,26-29H2,1-10H3;3H,1H2,(H,4,5)/b13-11+,16-12+,31-17+,35-25+,52-45?;/t30-,32-,33-,34-,36-,37+,38+,39+,40-,41-,42+,43+,44-,46-,47+,51-;/m1./s1. The van der Waals surface area contributed by atoms with Gasteiger partial charge in [-0.3, -0.25) is 9.59 Å². The fourth-order valence-corrected chi connectivity index (χ4v) is 10.3. The van der Waals surface area contributed by atoms with Crippen LogP contribution in [0.2, 0.25) is 0 Å². The number of ether oxygens (including phenoxy) is 5. The molecule has 1 amide bonds. The Morgan fingerprint density at radius 1 is 0.871 bits per heavy atom. The maximum atomic E-state index is 14.4. The molecule has 3 heterocycles. The molecule has 4 rings (SSSR count). The highest BCUT2D eigenvalue weighted by Gasteiger charge is 2.53. The lowest BCUT2D eigenvalue weighted by atomic mass is 9.78. The van der Waals surface area contributed by atoms with E-state index < -0.39 is 96.6 Å². The summed E-state index contributed by atoms with van der Waals surface area (Å²) in [5, 5.41) is 69.8. The van der Waals surface area contributed by atoms with Crippen LogP contribution in [0, 0.1) is 40.9 Å². The number of esters is 1. The molecule has 70 heavy (non-hydrogen) atoms. The molecule has 3 aliphatic heterocycles. The number of nitrogens with one attached hydrogen (secondary N) is 1. The number of aliphatic carboxylic acids is 1. The number of carboxylic acids is 1. The minimum absolute atomic E-state index is 0.0430. The van der Waals surface area contributed by atoms with Crippen LogP contribution in [0.5, 0.6) is 0 Å². The number of ketones is 1. The van der Waals surface area contributed by atoms with Gasteiger partial charge in [-0.1, -0.05) is 71.1 Å². The zero-order valence-electron chi connectivity index (χ0n) is 43.3. The molecule has 398 valence electrons. The fourth-order valence-electron chi connectivity index (χ4n) is 10.3. The van der Waals surface area contributed by atoms with Gasteiger partial charge in [-0.15, -0.1) is 0 Å². The maximum absolute atomic E-state index is 14.4. The second-order valence-corrected chi connectivity index (χ2v) is 20.4. The molecule has 17 nitrogen and oxygen atoms in total. The molecule has 4 aliphatic rings. The fraction of sp³-hybridized carbons (Fsp3) is 0.755. The lowest BCUT2D eigenvalue weighted by Crippen LogP contribution is -2.61. The van der Waals surface area contributed by atoms with Crippen LogP contribution in [-0.2, 0) is 42.9 Å². The molecule has 1 saturated carbocycles. The van der Waals surface area contributed by atoms with E-state index in [9.17, 15) is 34.8 Å². The number of hydrogen-bond acceptors (Lipinski definition) is 15. The number of aliphatic hydroxyl groups excluding tert-OH is 4. The molecular formula is C53H86N2O15. The molecule has 2 bridgehead atoms. The zero-order chi connectivity index (χ0) is 52.5. The van der Waals surface area contributed by atoms with Crippen molar-refractivity contribution in [1.82, 2.24) is 4.90 Å². The monoisotopic (exact) mass is 991 g/mol. The van der Waals surface area contributed by atoms with Crippen molar-refractivity contribution in [3.05, 3.63) is 47.6 Å². The van der Waals surface area contributed by atoms with Crippen LogP contribution in [0.15, 0.2) is 47.6 Å². The van der Waals surface area contributed by atoms with Gasteiger partial charge in [0.2, 0.25) is 5.79 Å². The lowest BCUT2D eigenvalue weighted by molar-refractivity contribution is -0.265. The number of hydrogen-bond donors (Lipinski definition) is 7. The highest BCUT2D eigenvalue weighted by molar-refractivity contribution is 6.39. The summed E-state index contributed by atoms with van der Waals surface area (Å²) in [5.74, 6) is -7.80. The van der Waals surface area contributed by atoms with Gasteiger partial charge in [0.05, 0.1) is 30.5 Å². The van der Waals surface area contributed by atoms with E-state index in [1.807, 2.05) is 52.0 Å². The van der Waals surface area contributed by atoms with Crippen LogP contribution >= 0.6 is 0 Å². The van der Waals surface area contributed by atoms with E-state index in [2.05, 4.69) is 13.0 Å². The lowest BCUT2D eigenvalue weighted by Gasteiger charge is -2.43. The molecule has 17 heteroatoms. The summed E-state index contributed by atoms with van der Waals surface area (Å²) in [6.07, 6.45) is 11.8. The number of aliphatic hydroxyl groups is 5. The predicted octanol–water partition coefficient (Wildman–Crippen LogP) is 5.49. The molecule has 16 atom stereocenters. The van der Waals surface area contributed by atoms with E-state index in [1.54, 1.807) is 34.1 Å². The molecule has 3 fully saturated rings. The first kappa shape index (κ1) is 60.7. The van der Waals surface area contributed by atoms with Gasteiger partial charge in [0.15, 0.2) is 0 Å². The minimum Gasteiger partial charge on any atom is -0.480 e. The van der Waals surface area contributed by atoms with E-state index in [4.69, 9.17) is 44.1 Å². The predicted molar refractivity (Wildman–Crippen MR) is 264 cm³/mol.